The van der Waals surface area contributed by atoms with Crippen molar-refractivity contribution in [2.45, 2.75) is 6.54 Å². The molecule has 2 amide bonds. The number of carbonyl (C=O) groups is 2. The van der Waals surface area contributed by atoms with Crippen LogP contribution >= 0.6 is 11.6 Å². The van der Waals surface area contributed by atoms with Gasteiger partial charge in [0, 0.05) is 19.3 Å². The summed E-state index contributed by atoms with van der Waals surface area (Å²) in [5, 5.41) is 8.61. The predicted molar refractivity (Wildman–Crippen MR) is 105 cm³/mol. The molecule has 0 radical (unpaired) electrons. The Labute approximate surface area is 163 Å². The van der Waals surface area contributed by atoms with Crippen molar-refractivity contribution in [2.75, 3.05) is 33.1 Å². The van der Waals surface area contributed by atoms with Crippen LogP contribution in [-0.4, -0.2) is 39.6 Å². The van der Waals surface area contributed by atoms with E-state index in [9.17, 15) is 9.59 Å². The molecule has 2 rings (SSSR count). The molecule has 0 fully saturated rings. The van der Waals surface area contributed by atoms with Gasteiger partial charge < -0.3 is 25.4 Å². The van der Waals surface area contributed by atoms with Gasteiger partial charge >= 0.3 is 0 Å². The van der Waals surface area contributed by atoms with E-state index in [0.717, 1.165) is 5.56 Å². The van der Waals surface area contributed by atoms with E-state index in [4.69, 9.17) is 21.1 Å². The Bertz CT molecular complexity index is 827. The van der Waals surface area contributed by atoms with E-state index in [1.807, 2.05) is 12.1 Å². The highest BCUT2D eigenvalue weighted by Crippen LogP contribution is 2.27. The molecular formula is C19H22ClN3O4. The first-order valence-corrected chi connectivity index (χ1v) is 8.59. The summed E-state index contributed by atoms with van der Waals surface area (Å²) in [5.41, 5.74) is 1.91. The minimum Gasteiger partial charge on any atom is -0.493 e. The van der Waals surface area contributed by atoms with Gasteiger partial charge in [0.15, 0.2) is 11.5 Å². The number of rotatable bonds is 8. The summed E-state index contributed by atoms with van der Waals surface area (Å²) in [4.78, 5) is 23.7. The zero-order chi connectivity index (χ0) is 19.8. The molecule has 27 heavy (non-hydrogen) atoms. The number of nitrogens with one attached hydrogen (secondary N) is 3. The van der Waals surface area contributed by atoms with Crippen LogP contribution in [0.1, 0.15) is 15.9 Å². The Balaban J connectivity index is 1.88. The van der Waals surface area contributed by atoms with Gasteiger partial charge in [-0.25, -0.2) is 0 Å². The fourth-order valence-electron chi connectivity index (χ4n) is 2.38. The first kappa shape index (κ1) is 20.4. The van der Waals surface area contributed by atoms with Gasteiger partial charge in [-0.2, -0.15) is 0 Å². The van der Waals surface area contributed by atoms with Gasteiger partial charge in [0.25, 0.3) is 5.91 Å². The van der Waals surface area contributed by atoms with E-state index in [2.05, 4.69) is 16.0 Å². The molecule has 0 heterocycles. The standard InChI is InChI=1S/C19H22ClN3O4/c1-21-19(25)14-6-5-13(9-15(14)20)22-11-18(24)23-10-12-4-7-16(26-2)17(8-12)27-3/h4-9,22H,10-11H2,1-3H3,(H,21,25)(H,23,24). The maximum absolute atomic E-state index is 12.0. The van der Waals surface area contributed by atoms with Crippen LogP contribution in [-0.2, 0) is 11.3 Å². The molecule has 0 aliphatic carbocycles. The molecule has 3 N–H and O–H groups in total. The Morgan fingerprint density at radius 2 is 1.78 bits per heavy atom. The second-order valence-electron chi connectivity index (χ2n) is 5.59. The van der Waals surface area contributed by atoms with E-state index >= 15 is 0 Å². The van der Waals surface area contributed by atoms with Crippen LogP contribution in [0.4, 0.5) is 5.69 Å². The molecule has 144 valence electrons. The molecule has 8 heteroatoms. The predicted octanol–water partition coefficient (Wildman–Crippen LogP) is 2.45. The molecular weight excluding hydrogens is 370 g/mol. The first-order valence-electron chi connectivity index (χ1n) is 8.21. The monoisotopic (exact) mass is 391 g/mol. The fraction of sp³-hybridized carbons (Fsp3) is 0.263. The molecule has 0 bridgehead atoms. The van der Waals surface area contributed by atoms with Crippen molar-refractivity contribution in [1.82, 2.24) is 10.6 Å². The zero-order valence-electron chi connectivity index (χ0n) is 15.4. The Hall–Kier alpha value is -2.93. The minimum atomic E-state index is -0.265. The Morgan fingerprint density at radius 3 is 2.41 bits per heavy atom. The molecule has 0 aromatic heterocycles. The Morgan fingerprint density at radius 1 is 1.04 bits per heavy atom. The molecule has 2 aromatic rings. The molecule has 2 aromatic carbocycles. The van der Waals surface area contributed by atoms with Crippen LogP contribution < -0.4 is 25.4 Å². The summed E-state index contributed by atoms with van der Waals surface area (Å²) in [6.45, 7) is 0.431. The van der Waals surface area contributed by atoms with Crippen molar-refractivity contribution < 1.29 is 19.1 Å². The lowest BCUT2D eigenvalue weighted by molar-refractivity contribution is -0.119. The molecule has 0 aliphatic heterocycles. The lowest BCUT2D eigenvalue weighted by atomic mass is 10.2. The third kappa shape index (κ3) is 5.52. The van der Waals surface area contributed by atoms with Gasteiger partial charge in [-0.1, -0.05) is 17.7 Å². The van der Waals surface area contributed by atoms with Gasteiger partial charge in [0.2, 0.25) is 5.91 Å². The average Bonchev–Trinajstić information content (AvgIpc) is 2.69. The lowest BCUT2D eigenvalue weighted by Crippen LogP contribution is -2.29. The van der Waals surface area contributed by atoms with Gasteiger partial charge in [-0.15, -0.1) is 0 Å². The molecule has 0 aliphatic rings. The number of halogens is 1. The van der Waals surface area contributed by atoms with Gasteiger partial charge in [0.1, 0.15) is 0 Å². The largest absolute Gasteiger partial charge is 0.493 e. The molecule has 7 nitrogen and oxygen atoms in total. The van der Waals surface area contributed by atoms with Crippen molar-refractivity contribution in [3.63, 3.8) is 0 Å². The van der Waals surface area contributed by atoms with Crippen LogP contribution in [0, 0.1) is 0 Å². The zero-order valence-corrected chi connectivity index (χ0v) is 16.1. The fourth-order valence-corrected chi connectivity index (χ4v) is 2.65. The smallest absolute Gasteiger partial charge is 0.252 e. The third-order valence-electron chi connectivity index (χ3n) is 3.83. The van der Waals surface area contributed by atoms with Gasteiger partial charge in [0.05, 0.1) is 31.4 Å². The highest BCUT2D eigenvalue weighted by atomic mass is 35.5. The summed E-state index contributed by atoms with van der Waals surface area (Å²) in [6, 6.07) is 10.3. The van der Waals surface area contributed by atoms with Crippen molar-refractivity contribution in [3.8, 4) is 11.5 Å². The second-order valence-corrected chi connectivity index (χ2v) is 6.00. The summed E-state index contributed by atoms with van der Waals surface area (Å²) in [6.07, 6.45) is 0. The summed E-state index contributed by atoms with van der Waals surface area (Å²) in [5.74, 6) is 0.787. The van der Waals surface area contributed by atoms with E-state index in [1.54, 1.807) is 38.5 Å². The Kier molecular flexibility index (Phi) is 7.31. The highest BCUT2D eigenvalue weighted by molar-refractivity contribution is 6.34. The number of anilines is 1. The first-order chi connectivity index (χ1) is 13.0. The van der Waals surface area contributed by atoms with Crippen molar-refractivity contribution in [2.24, 2.45) is 0 Å². The number of benzene rings is 2. The van der Waals surface area contributed by atoms with Crippen LogP contribution in [0.5, 0.6) is 11.5 Å². The molecule has 0 saturated heterocycles. The number of amides is 2. The maximum Gasteiger partial charge on any atom is 0.252 e. The molecule has 0 spiro atoms. The number of carbonyl (C=O) groups excluding carboxylic acids is 2. The van der Waals surface area contributed by atoms with Crippen LogP contribution in [0.25, 0.3) is 0 Å². The van der Waals surface area contributed by atoms with Crippen molar-refractivity contribution in [1.29, 1.82) is 0 Å². The lowest BCUT2D eigenvalue weighted by Gasteiger charge is -2.11. The summed E-state index contributed by atoms with van der Waals surface area (Å²) in [7, 11) is 4.66. The van der Waals surface area contributed by atoms with E-state index < -0.39 is 0 Å². The van der Waals surface area contributed by atoms with E-state index in [-0.39, 0.29) is 18.4 Å². The van der Waals surface area contributed by atoms with Crippen LogP contribution in [0.2, 0.25) is 5.02 Å². The van der Waals surface area contributed by atoms with Crippen molar-refractivity contribution in [3.05, 3.63) is 52.5 Å². The SMILES string of the molecule is CNC(=O)c1ccc(NCC(=O)NCc2ccc(OC)c(OC)c2)cc1Cl. The normalized spacial score (nSPS) is 10.1. The number of ether oxygens (including phenoxy) is 2. The molecule has 0 atom stereocenters. The van der Waals surface area contributed by atoms with Crippen molar-refractivity contribution >= 4 is 29.1 Å². The average molecular weight is 392 g/mol. The van der Waals surface area contributed by atoms with Gasteiger partial charge in [-0.05, 0) is 35.9 Å². The second kappa shape index (κ2) is 9.68. The summed E-state index contributed by atoms with van der Waals surface area (Å²) >= 11 is 6.09. The quantitative estimate of drug-likeness (QED) is 0.643. The molecule has 0 saturated carbocycles. The topological polar surface area (TPSA) is 88.7 Å². The highest BCUT2D eigenvalue weighted by Gasteiger charge is 2.10. The minimum absolute atomic E-state index is 0.0724. The van der Waals surface area contributed by atoms with E-state index in [0.29, 0.717) is 34.3 Å². The van der Waals surface area contributed by atoms with Crippen LogP contribution in [0.15, 0.2) is 36.4 Å². The number of methoxy groups -OCH3 is 2. The third-order valence-corrected chi connectivity index (χ3v) is 4.14. The maximum atomic E-state index is 12.0. The summed E-state index contributed by atoms with van der Waals surface area (Å²) < 4.78 is 10.4. The van der Waals surface area contributed by atoms with Gasteiger partial charge in [-0.3, -0.25) is 9.59 Å². The molecule has 0 unspecified atom stereocenters. The number of hydrogen-bond donors (Lipinski definition) is 3. The van der Waals surface area contributed by atoms with Crippen LogP contribution in [0.3, 0.4) is 0 Å². The number of hydrogen-bond acceptors (Lipinski definition) is 5. The van der Waals surface area contributed by atoms with E-state index in [1.165, 1.54) is 7.05 Å².